The zero-order valence-corrected chi connectivity index (χ0v) is 11.7. The molecule has 0 aliphatic carbocycles. The fourth-order valence-corrected chi connectivity index (χ4v) is 2.23. The lowest BCUT2D eigenvalue weighted by Crippen LogP contribution is -2.09. The molecule has 0 fully saturated rings. The number of phenols is 1. The van der Waals surface area contributed by atoms with E-state index in [2.05, 4.69) is 0 Å². The summed E-state index contributed by atoms with van der Waals surface area (Å²) in [6.07, 6.45) is 1.75. The lowest BCUT2D eigenvalue weighted by Gasteiger charge is -2.08. The molecule has 4 heteroatoms. The van der Waals surface area contributed by atoms with Crippen molar-refractivity contribution in [3.63, 3.8) is 0 Å². The van der Waals surface area contributed by atoms with Crippen molar-refractivity contribution >= 4 is 11.8 Å². The molecule has 0 atom stereocenters. The third-order valence-electron chi connectivity index (χ3n) is 3.25. The summed E-state index contributed by atoms with van der Waals surface area (Å²) in [5.41, 5.74) is 1.06. The minimum atomic E-state index is -1.17. The van der Waals surface area contributed by atoms with Gasteiger partial charge in [0.2, 0.25) is 0 Å². The molecule has 0 aliphatic heterocycles. The van der Waals surface area contributed by atoms with Gasteiger partial charge in [0.25, 0.3) is 0 Å². The van der Waals surface area contributed by atoms with Crippen molar-refractivity contribution < 1.29 is 19.8 Å². The third kappa shape index (κ3) is 3.11. The summed E-state index contributed by atoms with van der Waals surface area (Å²) in [6, 6.07) is 10.9. The van der Waals surface area contributed by atoms with Gasteiger partial charge in [0.05, 0.1) is 11.1 Å². The molecule has 108 valence electrons. The van der Waals surface area contributed by atoms with Crippen LogP contribution in [0.3, 0.4) is 0 Å². The number of carbonyl (C=O) groups is 2. The van der Waals surface area contributed by atoms with E-state index in [4.69, 9.17) is 5.11 Å². The number of hydrogen-bond acceptors (Lipinski definition) is 3. The molecule has 21 heavy (non-hydrogen) atoms. The van der Waals surface area contributed by atoms with Gasteiger partial charge in [-0.25, -0.2) is 4.79 Å². The van der Waals surface area contributed by atoms with E-state index in [0.29, 0.717) is 0 Å². The smallest absolute Gasteiger partial charge is 0.336 e. The van der Waals surface area contributed by atoms with E-state index in [1.54, 1.807) is 30.3 Å². The molecule has 0 saturated heterocycles. The number of aromatic hydroxyl groups is 1. The monoisotopic (exact) mass is 284 g/mol. The van der Waals surface area contributed by atoms with Crippen LogP contribution in [0.25, 0.3) is 0 Å². The largest absolute Gasteiger partial charge is 0.507 e. The maximum atomic E-state index is 12.4. The highest BCUT2D eigenvalue weighted by molar-refractivity contribution is 6.15. The molecule has 0 radical (unpaired) electrons. The van der Waals surface area contributed by atoms with E-state index < -0.39 is 11.8 Å². The first-order chi connectivity index (χ1) is 10.0. The number of aromatic carboxylic acids is 1. The van der Waals surface area contributed by atoms with Gasteiger partial charge in [0.15, 0.2) is 5.78 Å². The summed E-state index contributed by atoms with van der Waals surface area (Å²) < 4.78 is 0. The molecule has 0 amide bonds. The maximum absolute atomic E-state index is 12.4. The summed E-state index contributed by atoms with van der Waals surface area (Å²) in [6.45, 7) is 2.03. The molecule has 2 aromatic rings. The van der Waals surface area contributed by atoms with Gasteiger partial charge in [-0.2, -0.15) is 0 Å². The molecule has 0 unspecified atom stereocenters. The van der Waals surface area contributed by atoms with Crippen LogP contribution in [-0.2, 0) is 6.42 Å². The summed E-state index contributed by atoms with van der Waals surface area (Å²) in [4.78, 5) is 23.6. The Bertz CT molecular complexity index is 689. The highest BCUT2D eigenvalue weighted by atomic mass is 16.4. The zero-order valence-electron chi connectivity index (χ0n) is 11.7. The first-order valence-electron chi connectivity index (χ1n) is 6.73. The van der Waals surface area contributed by atoms with Crippen LogP contribution in [0, 0.1) is 0 Å². The molecule has 0 aromatic heterocycles. The van der Waals surface area contributed by atoms with Gasteiger partial charge in [-0.3, -0.25) is 4.79 Å². The normalized spacial score (nSPS) is 10.3. The Morgan fingerprint density at radius 1 is 1.00 bits per heavy atom. The molecular formula is C17H16O4. The Morgan fingerprint density at radius 2 is 1.67 bits per heavy atom. The van der Waals surface area contributed by atoms with Crippen LogP contribution < -0.4 is 0 Å². The molecule has 2 N–H and O–H groups in total. The quantitative estimate of drug-likeness (QED) is 0.826. The van der Waals surface area contributed by atoms with Crippen molar-refractivity contribution in [3.05, 3.63) is 64.7 Å². The second-order valence-electron chi connectivity index (χ2n) is 4.78. The third-order valence-corrected chi connectivity index (χ3v) is 3.25. The van der Waals surface area contributed by atoms with Crippen LogP contribution in [0.1, 0.15) is 45.2 Å². The second kappa shape index (κ2) is 6.22. The SMILES string of the molecule is CCCc1ccc(C(=O)c2ccccc2C(=O)O)c(O)c1. The van der Waals surface area contributed by atoms with Gasteiger partial charge in [-0.1, -0.05) is 37.6 Å². The van der Waals surface area contributed by atoms with E-state index >= 15 is 0 Å². The van der Waals surface area contributed by atoms with Crippen molar-refractivity contribution in [1.29, 1.82) is 0 Å². The molecule has 0 aliphatic rings. The Labute approximate surface area is 122 Å². The van der Waals surface area contributed by atoms with Gasteiger partial charge < -0.3 is 10.2 Å². The number of hydrogen-bond donors (Lipinski definition) is 2. The van der Waals surface area contributed by atoms with Gasteiger partial charge in [-0.05, 0) is 30.2 Å². The van der Waals surface area contributed by atoms with E-state index in [1.165, 1.54) is 12.1 Å². The Hall–Kier alpha value is -2.62. The summed E-state index contributed by atoms with van der Waals surface area (Å²) in [7, 11) is 0. The minimum absolute atomic E-state index is 0.0699. The summed E-state index contributed by atoms with van der Waals surface area (Å²) in [5.74, 6) is -1.78. The number of ketones is 1. The summed E-state index contributed by atoms with van der Waals surface area (Å²) in [5, 5.41) is 19.1. The lowest BCUT2D eigenvalue weighted by atomic mass is 9.96. The molecule has 4 nitrogen and oxygen atoms in total. The highest BCUT2D eigenvalue weighted by Crippen LogP contribution is 2.24. The molecule has 2 aromatic carbocycles. The average Bonchev–Trinajstić information content (AvgIpc) is 2.47. The molecule has 0 saturated carbocycles. The van der Waals surface area contributed by atoms with E-state index in [9.17, 15) is 14.7 Å². The molecule has 0 heterocycles. The van der Waals surface area contributed by atoms with E-state index in [1.807, 2.05) is 6.92 Å². The fraction of sp³-hybridized carbons (Fsp3) is 0.176. The van der Waals surface area contributed by atoms with Crippen LogP contribution in [0.4, 0.5) is 0 Å². The summed E-state index contributed by atoms with van der Waals surface area (Å²) >= 11 is 0. The fourth-order valence-electron chi connectivity index (χ4n) is 2.23. The van der Waals surface area contributed by atoms with Gasteiger partial charge >= 0.3 is 5.97 Å². The van der Waals surface area contributed by atoms with Crippen LogP contribution in [0.2, 0.25) is 0 Å². The molecular weight excluding hydrogens is 268 g/mol. The predicted octanol–water partition coefficient (Wildman–Crippen LogP) is 3.27. The highest BCUT2D eigenvalue weighted by Gasteiger charge is 2.19. The van der Waals surface area contributed by atoms with Gasteiger partial charge in [-0.15, -0.1) is 0 Å². The number of rotatable bonds is 5. The van der Waals surface area contributed by atoms with Crippen LogP contribution in [0.5, 0.6) is 5.75 Å². The first kappa shape index (κ1) is 14.8. The molecule has 2 rings (SSSR count). The zero-order chi connectivity index (χ0) is 15.4. The number of carboxylic acids is 1. The second-order valence-corrected chi connectivity index (χ2v) is 4.78. The number of aryl methyl sites for hydroxylation is 1. The van der Waals surface area contributed by atoms with Crippen molar-refractivity contribution in [3.8, 4) is 5.75 Å². The van der Waals surface area contributed by atoms with E-state index in [0.717, 1.165) is 18.4 Å². The van der Waals surface area contributed by atoms with Gasteiger partial charge in [0, 0.05) is 5.56 Å². The van der Waals surface area contributed by atoms with Crippen LogP contribution in [-0.4, -0.2) is 22.0 Å². The Morgan fingerprint density at radius 3 is 2.24 bits per heavy atom. The van der Waals surface area contributed by atoms with Crippen molar-refractivity contribution in [2.45, 2.75) is 19.8 Å². The first-order valence-corrected chi connectivity index (χ1v) is 6.73. The number of benzene rings is 2. The maximum Gasteiger partial charge on any atom is 0.336 e. The number of carboxylic acid groups (broad SMARTS) is 1. The van der Waals surface area contributed by atoms with Crippen molar-refractivity contribution in [1.82, 2.24) is 0 Å². The van der Waals surface area contributed by atoms with Crippen LogP contribution in [0.15, 0.2) is 42.5 Å². The molecule has 0 bridgehead atoms. The Balaban J connectivity index is 2.43. The topological polar surface area (TPSA) is 74.6 Å². The molecule has 0 spiro atoms. The van der Waals surface area contributed by atoms with Crippen molar-refractivity contribution in [2.24, 2.45) is 0 Å². The van der Waals surface area contributed by atoms with Gasteiger partial charge in [0.1, 0.15) is 5.75 Å². The standard InChI is InChI=1S/C17H16O4/c1-2-5-11-8-9-14(15(18)10-11)16(19)12-6-3-4-7-13(12)17(20)21/h3-4,6-10,18H,2,5H2,1H3,(H,20,21). The number of phenolic OH excluding ortho intramolecular Hbond substituents is 1. The predicted molar refractivity (Wildman–Crippen MR) is 78.9 cm³/mol. The van der Waals surface area contributed by atoms with Crippen LogP contribution >= 0.6 is 0 Å². The van der Waals surface area contributed by atoms with E-state index in [-0.39, 0.29) is 22.4 Å². The lowest BCUT2D eigenvalue weighted by molar-refractivity contribution is 0.0692. The average molecular weight is 284 g/mol. The van der Waals surface area contributed by atoms with Crippen molar-refractivity contribution in [2.75, 3.05) is 0 Å². The Kier molecular flexibility index (Phi) is 4.38. The minimum Gasteiger partial charge on any atom is -0.507 e. The number of carbonyl (C=O) groups excluding carboxylic acids is 1.